The van der Waals surface area contributed by atoms with E-state index in [2.05, 4.69) is 10.4 Å². The summed E-state index contributed by atoms with van der Waals surface area (Å²) in [6.45, 7) is 4.07. The van der Waals surface area contributed by atoms with Crippen molar-refractivity contribution < 1.29 is 14.0 Å². The number of anilines is 1. The topological polar surface area (TPSA) is 70.5 Å². The largest absolute Gasteiger partial charge is 0.339 e. The van der Waals surface area contributed by atoms with Gasteiger partial charge in [0.15, 0.2) is 0 Å². The summed E-state index contributed by atoms with van der Waals surface area (Å²) in [5.41, 5.74) is 0.545. The van der Waals surface area contributed by atoms with Gasteiger partial charge < -0.3 is 15.1 Å². The molecule has 1 aliphatic rings. The number of rotatable bonds is 4. The molecule has 27 heavy (non-hydrogen) atoms. The third kappa shape index (κ3) is 4.64. The highest BCUT2D eigenvalue weighted by molar-refractivity contribution is 5.89. The SMILES string of the molecule is CCC(C(=O)N1CCCN(C(=O)Nc2ccc(F)cc2)CC1)n1cccn1. The van der Waals surface area contributed by atoms with Crippen molar-refractivity contribution in [2.24, 2.45) is 0 Å². The Labute approximate surface area is 157 Å². The van der Waals surface area contributed by atoms with Gasteiger partial charge in [0, 0.05) is 44.3 Å². The van der Waals surface area contributed by atoms with E-state index in [-0.39, 0.29) is 23.8 Å². The number of carbonyl (C=O) groups excluding carboxylic acids is 2. The van der Waals surface area contributed by atoms with Crippen LogP contribution < -0.4 is 5.32 Å². The highest BCUT2D eigenvalue weighted by atomic mass is 19.1. The number of urea groups is 1. The molecule has 0 spiro atoms. The van der Waals surface area contributed by atoms with Crippen LogP contribution in [0.25, 0.3) is 0 Å². The van der Waals surface area contributed by atoms with Crippen molar-refractivity contribution in [3.63, 3.8) is 0 Å². The Morgan fingerprint density at radius 2 is 1.85 bits per heavy atom. The van der Waals surface area contributed by atoms with Crippen molar-refractivity contribution in [3.8, 4) is 0 Å². The number of nitrogens with zero attached hydrogens (tertiary/aromatic N) is 4. The second-order valence-corrected chi connectivity index (χ2v) is 6.51. The number of nitrogens with one attached hydrogen (secondary N) is 1. The van der Waals surface area contributed by atoms with Crippen LogP contribution in [0.4, 0.5) is 14.9 Å². The molecule has 0 bridgehead atoms. The third-order valence-corrected chi connectivity index (χ3v) is 4.71. The van der Waals surface area contributed by atoms with Gasteiger partial charge in [-0.25, -0.2) is 9.18 Å². The van der Waals surface area contributed by atoms with E-state index in [1.165, 1.54) is 24.3 Å². The van der Waals surface area contributed by atoms with Gasteiger partial charge in [-0.1, -0.05) is 6.92 Å². The smallest absolute Gasteiger partial charge is 0.321 e. The molecule has 144 valence electrons. The van der Waals surface area contributed by atoms with Gasteiger partial charge in [0.2, 0.25) is 5.91 Å². The van der Waals surface area contributed by atoms with E-state index in [1.807, 2.05) is 6.92 Å². The molecule has 0 radical (unpaired) electrons. The predicted molar refractivity (Wildman–Crippen MR) is 99.7 cm³/mol. The first-order valence-electron chi connectivity index (χ1n) is 9.18. The number of hydrogen-bond acceptors (Lipinski definition) is 3. The average Bonchev–Trinajstić information content (AvgIpc) is 3.07. The van der Waals surface area contributed by atoms with Crippen molar-refractivity contribution in [2.75, 3.05) is 31.5 Å². The predicted octanol–water partition coefficient (Wildman–Crippen LogP) is 2.74. The minimum absolute atomic E-state index is 0.0296. The molecule has 1 aliphatic heterocycles. The van der Waals surface area contributed by atoms with Gasteiger partial charge in [-0.2, -0.15) is 5.10 Å². The molecule has 2 heterocycles. The second kappa shape index (κ2) is 8.66. The summed E-state index contributed by atoms with van der Waals surface area (Å²) in [5, 5.41) is 6.96. The molecule has 1 saturated heterocycles. The highest BCUT2D eigenvalue weighted by Crippen LogP contribution is 2.16. The van der Waals surface area contributed by atoms with Crippen molar-refractivity contribution in [1.82, 2.24) is 19.6 Å². The van der Waals surface area contributed by atoms with Gasteiger partial charge in [-0.05, 0) is 43.2 Å². The second-order valence-electron chi connectivity index (χ2n) is 6.51. The molecule has 1 N–H and O–H groups in total. The molecule has 7 nitrogen and oxygen atoms in total. The fourth-order valence-corrected chi connectivity index (χ4v) is 3.23. The van der Waals surface area contributed by atoms with Crippen LogP contribution in [0.3, 0.4) is 0 Å². The number of carbonyl (C=O) groups is 2. The van der Waals surface area contributed by atoms with Gasteiger partial charge in [-0.3, -0.25) is 9.48 Å². The molecule has 0 saturated carbocycles. The fraction of sp³-hybridized carbons (Fsp3) is 0.421. The minimum atomic E-state index is -0.348. The van der Waals surface area contributed by atoms with Crippen LogP contribution in [0.2, 0.25) is 0 Å². The summed E-state index contributed by atoms with van der Waals surface area (Å²) < 4.78 is 14.7. The zero-order chi connectivity index (χ0) is 19.2. The Kier molecular flexibility index (Phi) is 6.05. The molecule has 1 unspecified atom stereocenters. The van der Waals surface area contributed by atoms with Crippen molar-refractivity contribution in [2.45, 2.75) is 25.8 Å². The number of aromatic nitrogens is 2. The molecule has 1 atom stereocenters. The van der Waals surface area contributed by atoms with Crippen LogP contribution in [0.5, 0.6) is 0 Å². The summed E-state index contributed by atoms with van der Waals surface area (Å²) in [6, 6.07) is 6.90. The summed E-state index contributed by atoms with van der Waals surface area (Å²) in [7, 11) is 0. The maximum Gasteiger partial charge on any atom is 0.321 e. The van der Waals surface area contributed by atoms with E-state index in [0.717, 1.165) is 0 Å². The molecule has 1 aromatic carbocycles. The van der Waals surface area contributed by atoms with Gasteiger partial charge >= 0.3 is 6.03 Å². The molecular formula is C19H24FN5O2. The van der Waals surface area contributed by atoms with E-state index in [1.54, 1.807) is 32.9 Å². The summed E-state index contributed by atoms with van der Waals surface area (Å²) in [4.78, 5) is 28.8. The fourth-order valence-electron chi connectivity index (χ4n) is 3.23. The number of benzene rings is 1. The molecule has 1 fully saturated rings. The van der Waals surface area contributed by atoms with Gasteiger partial charge in [-0.15, -0.1) is 0 Å². The van der Waals surface area contributed by atoms with E-state index in [4.69, 9.17) is 0 Å². The van der Waals surface area contributed by atoms with Gasteiger partial charge in [0.1, 0.15) is 11.9 Å². The lowest BCUT2D eigenvalue weighted by Crippen LogP contribution is -2.41. The average molecular weight is 373 g/mol. The quantitative estimate of drug-likeness (QED) is 0.896. The van der Waals surface area contributed by atoms with Crippen LogP contribution in [-0.2, 0) is 4.79 Å². The van der Waals surface area contributed by atoms with Gasteiger partial charge in [0.05, 0.1) is 0 Å². The zero-order valence-corrected chi connectivity index (χ0v) is 15.3. The van der Waals surface area contributed by atoms with E-state index in [0.29, 0.717) is 44.7 Å². The maximum atomic E-state index is 13.0. The molecular weight excluding hydrogens is 349 g/mol. The zero-order valence-electron chi connectivity index (χ0n) is 15.3. The standard InChI is InChI=1S/C19H24FN5O2/c1-2-17(25-12-3-9-21-25)18(26)23-10-4-11-24(14-13-23)19(27)22-16-7-5-15(20)6-8-16/h3,5-9,12,17H,2,4,10-11,13-14H2,1H3,(H,22,27). The van der Waals surface area contributed by atoms with Crippen molar-refractivity contribution in [1.29, 1.82) is 0 Å². The Bertz CT molecular complexity index is 763. The molecule has 2 aromatic rings. The Morgan fingerprint density at radius 3 is 2.52 bits per heavy atom. The molecule has 3 amide bonds. The number of hydrogen-bond donors (Lipinski definition) is 1. The molecule has 3 rings (SSSR count). The molecule has 1 aromatic heterocycles. The van der Waals surface area contributed by atoms with Crippen molar-refractivity contribution >= 4 is 17.6 Å². The number of amides is 3. The first kappa shape index (κ1) is 18.9. The third-order valence-electron chi connectivity index (χ3n) is 4.71. The Hall–Kier alpha value is -2.90. The van der Waals surface area contributed by atoms with Crippen LogP contribution in [-0.4, -0.2) is 57.7 Å². The first-order chi connectivity index (χ1) is 13.1. The Balaban J connectivity index is 1.58. The summed E-state index contributed by atoms with van der Waals surface area (Å²) in [6.07, 6.45) is 4.83. The highest BCUT2D eigenvalue weighted by Gasteiger charge is 2.27. The minimum Gasteiger partial charge on any atom is -0.339 e. The van der Waals surface area contributed by atoms with Crippen LogP contribution >= 0.6 is 0 Å². The lowest BCUT2D eigenvalue weighted by Gasteiger charge is -2.26. The van der Waals surface area contributed by atoms with E-state index >= 15 is 0 Å². The van der Waals surface area contributed by atoms with Crippen LogP contribution in [0.1, 0.15) is 25.8 Å². The van der Waals surface area contributed by atoms with Gasteiger partial charge in [0.25, 0.3) is 0 Å². The summed E-state index contributed by atoms with van der Waals surface area (Å²) in [5.74, 6) is -0.318. The lowest BCUT2D eigenvalue weighted by molar-refractivity contribution is -0.135. The number of halogens is 1. The van der Waals surface area contributed by atoms with E-state index in [9.17, 15) is 14.0 Å². The first-order valence-corrected chi connectivity index (χ1v) is 9.18. The van der Waals surface area contributed by atoms with E-state index < -0.39 is 0 Å². The summed E-state index contributed by atoms with van der Waals surface area (Å²) >= 11 is 0. The van der Waals surface area contributed by atoms with Crippen molar-refractivity contribution in [3.05, 3.63) is 48.5 Å². The molecule has 0 aliphatic carbocycles. The van der Waals surface area contributed by atoms with Crippen LogP contribution in [0.15, 0.2) is 42.7 Å². The monoisotopic (exact) mass is 373 g/mol. The molecule has 8 heteroatoms. The Morgan fingerprint density at radius 1 is 1.15 bits per heavy atom. The van der Waals surface area contributed by atoms with Crippen LogP contribution in [0, 0.1) is 5.82 Å². The lowest BCUT2D eigenvalue weighted by atomic mass is 10.2. The normalized spacial score (nSPS) is 15.9. The maximum absolute atomic E-state index is 13.0.